The Morgan fingerprint density at radius 3 is 2.63 bits per heavy atom. The summed E-state index contributed by atoms with van der Waals surface area (Å²) in [6, 6.07) is 11.8. The third-order valence-corrected chi connectivity index (χ3v) is 4.40. The molecule has 2 aromatic rings. The first-order valence-electron chi connectivity index (χ1n) is 6.30. The number of aliphatic hydroxyl groups is 1. The fourth-order valence-corrected chi connectivity index (χ4v) is 2.91. The molecule has 1 aliphatic rings. The maximum Gasteiger partial charge on any atom is 0.262 e. The lowest BCUT2D eigenvalue weighted by Gasteiger charge is -2.14. The van der Waals surface area contributed by atoms with Crippen molar-refractivity contribution >= 4 is 17.2 Å². The molecule has 0 aliphatic heterocycles. The normalized spacial score (nSPS) is 16.1. The highest BCUT2D eigenvalue weighted by Gasteiger charge is 2.43. The van der Waals surface area contributed by atoms with Crippen molar-refractivity contribution in [3.63, 3.8) is 0 Å². The summed E-state index contributed by atoms with van der Waals surface area (Å²) in [5, 5.41) is 14.2. The van der Waals surface area contributed by atoms with Crippen LogP contribution in [-0.2, 0) is 0 Å². The molecule has 0 unspecified atom stereocenters. The van der Waals surface area contributed by atoms with Gasteiger partial charge >= 0.3 is 0 Å². The number of aliphatic hydroxyl groups excluding tert-OH is 1. The number of rotatable bonds is 4. The molecule has 3 rings (SSSR count). The fraction of sp³-hybridized carbons (Fsp3) is 0.267. The molecule has 1 heterocycles. The molecule has 1 amide bonds. The smallest absolute Gasteiger partial charge is 0.262 e. The minimum absolute atomic E-state index is 0.0186. The minimum Gasteiger partial charge on any atom is -0.394 e. The van der Waals surface area contributed by atoms with E-state index < -0.39 is 0 Å². The lowest BCUT2D eigenvalue weighted by Crippen LogP contribution is -2.39. The first kappa shape index (κ1) is 12.4. The summed E-state index contributed by atoms with van der Waals surface area (Å²) in [5.41, 5.74) is 1.63. The van der Waals surface area contributed by atoms with Crippen molar-refractivity contribution in [2.45, 2.75) is 18.4 Å². The Kier molecular flexibility index (Phi) is 3.12. The van der Waals surface area contributed by atoms with Crippen LogP contribution >= 0.6 is 11.3 Å². The number of benzene rings is 1. The SMILES string of the molecule is O=C(NC1(CO)CC1)c1sccc1-c1ccccc1. The molecule has 3 nitrogen and oxygen atoms in total. The summed E-state index contributed by atoms with van der Waals surface area (Å²) in [5.74, 6) is -0.0830. The molecule has 0 spiro atoms. The number of hydrogen-bond acceptors (Lipinski definition) is 3. The zero-order chi connectivity index (χ0) is 13.3. The highest BCUT2D eigenvalue weighted by molar-refractivity contribution is 7.12. The number of carbonyl (C=O) groups is 1. The van der Waals surface area contributed by atoms with E-state index in [0.29, 0.717) is 4.88 Å². The molecule has 1 fully saturated rings. The van der Waals surface area contributed by atoms with Crippen molar-refractivity contribution < 1.29 is 9.90 Å². The molecule has 1 aromatic carbocycles. The molecule has 0 bridgehead atoms. The van der Waals surface area contributed by atoms with E-state index in [9.17, 15) is 9.90 Å². The monoisotopic (exact) mass is 273 g/mol. The zero-order valence-corrected chi connectivity index (χ0v) is 11.2. The summed E-state index contributed by atoms with van der Waals surface area (Å²) >= 11 is 1.44. The predicted octanol–water partition coefficient (Wildman–Crippen LogP) is 2.67. The Hall–Kier alpha value is -1.65. The summed E-state index contributed by atoms with van der Waals surface area (Å²) in [6.45, 7) is 0.0186. The van der Waals surface area contributed by atoms with Crippen LogP contribution < -0.4 is 5.32 Å². The number of amides is 1. The van der Waals surface area contributed by atoms with Crippen molar-refractivity contribution in [1.82, 2.24) is 5.32 Å². The van der Waals surface area contributed by atoms with Gasteiger partial charge in [0.2, 0.25) is 0 Å². The molecule has 1 aromatic heterocycles. The van der Waals surface area contributed by atoms with Crippen LogP contribution in [0.4, 0.5) is 0 Å². The van der Waals surface area contributed by atoms with Crippen LogP contribution in [0.2, 0.25) is 0 Å². The van der Waals surface area contributed by atoms with Crippen molar-refractivity contribution in [3.05, 3.63) is 46.7 Å². The molecular formula is C15H15NO2S. The molecule has 4 heteroatoms. The van der Waals surface area contributed by atoms with E-state index in [4.69, 9.17) is 0 Å². The largest absolute Gasteiger partial charge is 0.394 e. The van der Waals surface area contributed by atoms with Gasteiger partial charge in [0.15, 0.2) is 0 Å². The quantitative estimate of drug-likeness (QED) is 0.899. The molecular weight excluding hydrogens is 258 g/mol. The van der Waals surface area contributed by atoms with E-state index in [1.165, 1.54) is 11.3 Å². The first-order chi connectivity index (χ1) is 9.24. The van der Waals surface area contributed by atoms with Crippen molar-refractivity contribution in [1.29, 1.82) is 0 Å². The van der Waals surface area contributed by atoms with E-state index in [2.05, 4.69) is 5.32 Å². The van der Waals surface area contributed by atoms with E-state index in [1.807, 2.05) is 41.8 Å². The van der Waals surface area contributed by atoms with E-state index in [0.717, 1.165) is 24.0 Å². The summed E-state index contributed by atoms with van der Waals surface area (Å²) in [7, 11) is 0. The van der Waals surface area contributed by atoms with Crippen molar-refractivity contribution in [3.8, 4) is 11.1 Å². The van der Waals surface area contributed by atoms with Crippen molar-refractivity contribution in [2.75, 3.05) is 6.61 Å². The Balaban J connectivity index is 1.86. The average Bonchev–Trinajstić information content (AvgIpc) is 3.04. The second kappa shape index (κ2) is 4.79. The van der Waals surface area contributed by atoms with E-state index in [1.54, 1.807) is 0 Å². The van der Waals surface area contributed by atoms with Crippen molar-refractivity contribution in [2.24, 2.45) is 0 Å². The molecule has 2 N–H and O–H groups in total. The van der Waals surface area contributed by atoms with Crippen LogP contribution in [0.5, 0.6) is 0 Å². The topological polar surface area (TPSA) is 49.3 Å². The summed E-state index contributed by atoms with van der Waals surface area (Å²) in [4.78, 5) is 13.0. The van der Waals surface area contributed by atoms with E-state index >= 15 is 0 Å². The number of nitrogens with one attached hydrogen (secondary N) is 1. The molecule has 19 heavy (non-hydrogen) atoms. The van der Waals surface area contributed by atoms with Crippen LogP contribution in [0.3, 0.4) is 0 Å². The molecule has 0 radical (unpaired) electrons. The van der Waals surface area contributed by atoms with Gasteiger partial charge in [0.05, 0.1) is 17.0 Å². The minimum atomic E-state index is -0.366. The highest BCUT2D eigenvalue weighted by Crippen LogP contribution is 2.36. The zero-order valence-electron chi connectivity index (χ0n) is 10.4. The van der Waals surface area contributed by atoms with Gasteiger partial charge in [0, 0.05) is 5.56 Å². The van der Waals surface area contributed by atoms with Gasteiger partial charge in [-0.25, -0.2) is 0 Å². The predicted molar refractivity (Wildman–Crippen MR) is 76.3 cm³/mol. The highest BCUT2D eigenvalue weighted by atomic mass is 32.1. The third-order valence-electron chi connectivity index (χ3n) is 3.49. The fourth-order valence-electron chi connectivity index (χ4n) is 2.10. The lowest BCUT2D eigenvalue weighted by molar-refractivity contribution is 0.0911. The van der Waals surface area contributed by atoms with Crippen LogP contribution in [0.1, 0.15) is 22.5 Å². The van der Waals surface area contributed by atoms with Gasteiger partial charge in [-0.15, -0.1) is 11.3 Å². The van der Waals surface area contributed by atoms with Crippen LogP contribution in [0, 0.1) is 0 Å². The maximum absolute atomic E-state index is 12.3. The average molecular weight is 273 g/mol. The van der Waals surface area contributed by atoms with Gasteiger partial charge in [-0.05, 0) is 29.9 Å². The molecule has 1 aliphatic carbocycles. The Bertz CT molecular complexity index is 587. The van der Waals surface area contributed by atoms with Gasteiger partial charge in [0.25, 0.3) is 5.91 Å². The van der Waals surface area contributed by atoms with Crippen LogP contribution in [0.25, 0.3) is 11.1 Å². The Morgan fingerprint density at radius 2 is 2.00 bits per heavy atom. The van der Waals surface area contributed by atoms with Gasteiger partial charge in [-0.2, -0.15) is 0 Å². The summed E-state index contributed by atoms with van der Waals surface area (Å²) < 4.78 is 0. The van der Waals surface area contributed by atoms with Gasteiger partial charge < -0.3 is 10.4 Å². The second-order valence-electron chi connectivity index (χ2n) is 4.92. The molecule has 1 saturated carbocycles. The molecule has 98 valence electrons. The number of carbonyl (C=O) groups excluding carboxylic acids is 1. The van der Waals surface area contributed by atoms with Gasteiger partial charge in [-0.3, -0.25) is 4.79 Å². The lowest BCUT2D eigenvalue weighted by atomic mass is 10.1. The van der Waals surface area contributed by atoms with Gasteiger partial charge in [0.1, 0.15) is 0 Å². The molecule has 0 atom stereocenters. The Labute approximate surface area is 115 Å². The second-order valence-corrected chi connectivity index (χ2v) is 5.84. The third kappa shape index (κ3) is 2.41. The Morgan fingerprint density at radius 1 is 1.26 bits per heavy atom. The number of hydrogen-bond donors (Lipinski definition) is 2. The maximum atomic E-state index is 12.3. The molecule has 0 saturated heterocycles. The van der Waals surface area contributed by atoms with Gasteiger partial charge in [-0.1, -0.05) is 30.3 Å². The first-order valence-corrected chi connectivity index (χ1v) is 7.18. The number of thiophene rings is 1. The van der Waals surface area contributed by atoms with Crippen LogP contribution in [0.15, 0.2) is 41.8 Å². The van der Waals surface area contributed by atoms with E-state index in [-0.39, 0.29) is 18.1 Å². The standard InChI is InChI=1S/C15H15NO2S/c17-10-15(7-8-15)16-14(18)13-12(6-9-19-13)11-4-2-1-3-5-11/h1-6,9,17H,7-8,10H2,(H,16,18). The van der Waals surface area contributed by atoms with Crippen LogP contribution in [-0.4, -0.2) is 23.2 Å². The summed E-state index contributed by atoms with van der Waals surface area (Å²) in [6.07, 6.45) is 1.72.